The predicted octanol–water partition coefficient (Wildman–Crippen LogP) is 1.44. The standard InChI is InChI=1S/C10H14N2O2/c1-6(2)9(11)7-4-3-5-8(12-7)10(13)14/h3-6,9H,11H2,1-2H3,(H,13,14). The van der Waals surface area contributed by atoms with Crippen molar-refractivity contribution in [3.05, 3.63) is 29.6 Å². The molecule has 4 heteroatoms. The van der Waals surface area contributed by atoms with Crippen LogP contribution in [-0.4, -0.2) is 16.1 Å². The van der Waals surface area contributed by atoms with E-state index in [4.69, 9.17) is 10.8 Å². The summed E-state index contributed by atoms with van der Waals surface area (Å²) in [7, 11) is 0. The van der Waals surface area contributed by atoms with Gasteiger partial charge in [-0.05, 0) is 18.1 Å². The molecule has 0 spiro atoms. The van der Waals surface area contributed by atoms with Crippen LogP contribution in [0.5, 0.6) is 0 Å². The van der Waals surface area contributed by atoms with E-state index in [-0.39, 0.29) is 17.7 Å². The van der Waals surface area contributed by atoms with Gasteiger partial charge in [-0.1, -0.05) is 19.9 Å². The summed E-state index contributed by atoms with van der Waals surface area (Å²) in [5.41, 5.74) is 6.52. The molecule has 3 N–H and O–H groups in total. The molecule has 1 atom stereocenters. The molecule has 1 heterocycles. The van der Waals surface area contributed by atoms with Crippen molar-refractivity contribution < 1.29 is 9.90 Å². The Morgan fingerprint density at radius 1 is 1.50 bits per heavy atom. The maximum absolute atomic E-state index is 10.6. The van der Waals surface area contributed by atoms with Gasteiger partial charge in [0.15, 0.2) is 0 Å². The summed E-state index contributed by atoms with van der Waals surface area (Å²) in [6.07, 6.45) is 0. The number of hydrogen-bond donors (Lipinski definition) is 2. The van der Waals surface area contributed by atoms with Crippen molar-refractivity contribution in [3.63, 3.8) is 0 Å². The number of carboxylic acid groups (broad SMARTS) is 1. The number of hydrogen-bond acceptors (Lipinski definition) is 3. The van der Waals surface area contributed by atoms with Crippen molar-refractivity contribution in [2.75, 3.05) is 0 Å². The zero-order valence-corrected chi connectivity index (χ0v) is 8.27. The van der Waals surface area contributed by atoms with E-state index in [1.165, 1.54) is 6.07 Å². The second kappa shape index (κ2) is 4.19. The fourth-order valence-electron chi connectivity index (χ4n) is 1.10. The van der Waals surface area contributed by atoms with Crippen LogP contribution in [0.3, 0.4) is 0 Å². The van der Waals surface area contributed by atoms with Crippen LogP contribution in [-0.2, 0) is 0 Å². The second-order valence-corrected chi connectivity index (χ2v) is 3.52. The fraction of sp³-hybridized carbons (Fsp3) is 0.400. The average Bonchev–Trinajstić information content (AvgIpc) is 2.16. The van der Waals surface area contributed by atoms with Crippen LogP contribution in [0.15, 0.2) is 18.2 Å². The number of pyridine rings is 1. The molecule has 0 saturated heterocycles. The van der Waals surface area contributed by atoms with E-state index in [0.717, 1.165) is 0 Å². The molecule has 0 aliphatic rings. The van der Waals surface area contributed by atoms with Crippen molar-refractivity contribution in [1.29, 1.82) is 0 Å². The molecule has 0 bridgehead atoms. The minimum absolute atomic E-state index is 0.0404. The molecule has 1 rings (SSSR count). The lowest BCUT2D eigenvalue weighted by Crippen LogP contribution is -2.19. The maximum Gasteiger partial charge on any atom is 0.354 e. The Balaban J connectivity index is 2.99. The molecule has 76 valence electrons. The third-order valence-corrected chi connectivity index (χ3v) is 2.05. The average molecular weight is 194 g/mol. The number of carbonyl (C=O) groups is 1. The Bertz CT molecular complexity index is 337. The zero-order valence-electron chi connectivity index (χ0n) is 8.27. The predicted molar refractivity (Wildman–Crippen MR) is 53.0 cm³/mol. The summed E-state index contributed by atoms with van der Waals surface area (Å²) in [5, 5.41) is 8.73. The van der Waals surface area contributed by atoms with Crippen LogP contribution in [0.2, 0.25) is 0 Å². The summed E-state index contributed by atoms with van der Waals surface area (Å²) in [5.74, 6) is -0.783. The quantitative estimate of drug-likeness (QED) is 0.763. The summed E-state index contributed by atoms with van der Waals surface area (Å²) in [4.78, 5) is 14.6. The van der Waals surface area contributed by atoms with Gasteiger partial charge in [-0.15, -0.1) is 0 Å². The molecule has 0 fully saturated rings. The lowest BCUT2D eigenvalue weighted by molar-refractivity contribution is 0.0690. The smallest absolute Gasteiger partial charge is 0.354 e. The normalized spacial score (nSPS) is 12.9. The zero-order chi connectivity index (χ0) is 10.7. The molecular formula is C10H14N2O2. The fourth-order valence-corrected chi connectivity index (χ4v) is 1.10. The topological polar surface area (TPSA) is 76.2 Å². The highest BCUT2D eigenvalue weighted by Crippen LogP contribution is 2.16. The Morgan fingerprint density at radius 3 is 2.64 bits per heavy atom. The van der Waals surface area contributed by atoms with Crippen LogP contribution < -0.4 is 5.73 Å². The van der Waals surface area contributed by atoms with Crippen LogP contribution in [0.4, 0.5) is 0 Å². The number of nitrogens with zero attached hydrogens (tertiary/aromatic N) is 1. The van der Waals surface area contributed by atoms with Crippen LogP contribution >= 0.6 is 0 Å². The molecule has 4 nitrogen and oxygen atoms in total. The Hall–Kier alpha value is -1.42. The van der Waals surface area contributed by atoms with E-state index < -0.39 is 5.97 Å². The molecule has 0 aliphatic heterocycles. The van der Waals surface area contributed by atoms with Crippen molar-refractivity contribution >= 4 is 5.97 Å². The SMILES string of the molecule is CC(C)C(N)c1cccc(C(=O)O)n1. The second-order valence-electron chi connectivity index (χ2n) is 3.52. The highest BCUT2D eigenvalue weighted by Gasteiger charge is 2.13. The van der Waals surface area contributed by atoms with Crippen LogP contribution in [0.1, 0.15) is 36.1 Å². The molecular weight excluding hydrogens is 180 g/mol. The summed E-state index contributed by atoms with van der Waals surface area (Å²) >= 11 is 0. The van der Waals surface area contributed by atoms with E-state index in [1.54, 1.807) is 12.1 Å². The van der Waals surface area contributed by atoms with E-state index >= 15 is 0 Å². The molecule has 1 unspecified atom stereocenters. The molecule has 0 aromatic carbocycles. The Kier molecular flexibility index (Phi) is 3.19. The highest BCUT2D eigenvalue weighted by atomic mass is 16.4. The number of aromatic carboxylic acids is 1. The first-order valence-electron chi connectivity index (χ1n) is 4.48. The number of nitrogens with two attached hydrogens (primary N) is 1. The molecule has 1 aromatic rings. The first-order chi connectivity index (χ1) is 6.52. The van der Waals surface area contributed by atoms with Crippen molar-refractivity contribution in [2.45, 2.75) is 19.9 Å². The Labute approximate surface area is 82.8 Å². The highest BCUT2D eigenvalue weighted by molar-refractivity contribution is 5.85. The molecule has 0 aliphatic carbocycles. The molecule has 0 saturated carbocycles. The maximum atomic E-state index is 10.6. The molecule has 0 radical (unpaired) electrons. The van der Waals surface area contributed by atoms with Crippen LogP contribution in [0, 0.1) is 5.92 Å². The van der Waals surface area contributed by atoms with Gasteiger partial charge in [0.25, 0.3) is 0 Å². The van der Waals surface area contributed by atoms with E-state index in [1.807, 2.05) is 13.8 Å². The van der Waals surface area contributed by atoms with E-state index in [2.05, 4.69) is 4.98 Å². The van der Waals surface area contributed by atoms with E-state index in [0.29, 0.717) is 5.69 Å². The minimum Gasteiger partial charge on any atom is -0.477 e. The third-order valence-electron chi connectivity index (χ3n) is 2.05. The van der Waals surface area contributed by atoms with Crippen molar-refractivity contribution in [2.24, 2.45) is 11.7 Å². The van der Waals surface area contributed by atoms with Gasteiger partial charge >= 0.3 is 5.97 Å². The first-order valence-corrected chi connectivity index (χ1v) is 4.48. The van der Waals surface area contributed by atoms with Crippen molar-refractivity contribution in [3.8, 4) is 0 Å². The monoisotopic (exact) mass is 194 g/mol. The lowest BCUT2D eigenvalue weighted by Gasteiger charge is -2.14. The number of aromatic nitrogens is 1. The lowest BCUT2D eigenvalue weighted by atomic mass is 10.0. The number of rotatable bonds is 3. The van der Waals surface area contributed by atoms with Gasteiger partial charge in [0.1, 0.15) is 5.69 Å². The molecule has 14 heavy (non-hydrogen) atoms. The van der Waals surface area contributed by atoms with Gasteiger partial charge < -0.3 is 10.8 Å². The van der Waals surface area contributed by atoms with Gasteiger partial charge in [-0.25, -0.2) is 9.78 Å². The third kappa shape index (κ3) is 2.29. The molecule has 1 aromatic heterocycles. The van der Waals surface area contributed by atoms with Crippen molar-refractivity contribution in [1.82, 2.24) is 4.98 Å². The van der Waals surface area contributed by atoms with Gasteiger partial charge in [-0.3, -0.25) is 0 Å². The Morgan fingerprint density at radius 2 is 2.14 bits per heavy atom. The van der Waals surface area contributed by atoms with Gasteiger partial charge in [0.05, 0.1) is 5.69 Å². The summed E-state index contributed by atoms with van der Waals surface area (Å²) in [6, 6.07) is 4.65. The first kappa shape index (κ1) is 10.7. The minimum atomic E-state index is -1.03. The summed E-state index contributed by atoms with van der Waals surface area (Å²) in [6.45, 7) is 3.94. The van der Waals surface area contributed by atoms with Gasteiger partial charge in [0.2, 0.25) is 0 Å². The largest absolute Gasteiger partial charge is 0.477 e. The number of carboxylic acids is 1. The molecule has 0 amide bonds. The van der Waals surface area contributed by atoms with Crippen LogP contribution in [0.25, 0.3) is 0 Å². The van der Waals surface area contributed by atoms with E-state index in [9.17, 15) is 4.79 Å². The van der Waals surface area contributed by atoms with Gasteiger partial charge in [0, 0.05) is 6.04 Å². The summed E-state index contributed by atoms with van der Waals surface area (Å²) < 4.78 is 0. The van der Waals surface area contributed by atoms with Gasteiger partial charge in [-0.2, -0.15) is 0 Å².